The van der Waals surface area contributed by atoms with E-state index in [1.54, 1.807) is 0 Å². The summed E-state index contributed by atoms with van der Waals surface area (Å²) in [5.74, 6) is -0.828. The van der Waals surface area contributed by atoms with Gasteiger partial charge >= 0.3 is 5.97 Å². The van der Waals surface area contributed by atoms with E-state index < -0.39 is 5.97 Å². The van der Waals surface area contributed by atoms with Gasteiger partial charge in [-0.25, -0.2) is 4.98 Å². The Kier molecular flexibility index (Phi) is 4.02. The SMILES string of the molecule is Cc1nc(-c2ccc(-c3ccccc3)cc2)c(CC(=O)O)s1. The molecular weight excluding hydrogens is 294 g/mol. The third-order valence-electron chi connectivity index (χ3n) is 3.38. The van der Waals surface area contributed by atoms with Gasteiger partial charge in [-0.3, -0.25) is 4.79 Å². The van der Waals surface area contributed by atoms with Crippen molar-refractivity contribution in [3.05, 3.63) is 64.5 Å². The minimum atomic E-state index is -0.828. The molecule has 2 aromatic carbocycles. The van der Waals surface area contributed by atoms with Gasteiger partial charge in [-0.05, 0) is 18.1 Å². The number of rotatable bonds is 4. The van der Waals surface area contributed by atoms with E-state index in [0.717, 1.165) is 32.3 Å². The predicted molar refractivity (Wildman–Crippen MR) is 89.1 cm³/mol. The number of thiazole rings is 1. The summed E-state index contributed by atoms with van der Waals surface area (Å²) in [5, 5.41) is 9.91. The van der Waals surface area contributed by atoms with Gasteiger partial charge in [-0.2, -0.15) is 0 Å². The fourth-order valence-electron chi connectivity index (χ4n) is 2.40. The van der Waals surface area contributed by atoms with Crippen molar-refractivity contribution in [3.8, 4) is 22.4 Å². The molecule has 0 radical (unpaired) electrons. The average Bonchev–Trinajstić information content (AvgIpc) is 2.88. The van der Waals surface area contributed by atoms with Crippen LogP contribution in [0.4, 0.5) is 0 Å². The molecule has 3 nitrogen and oxygen atoms in total. The number of hydrogen-bond acceptors (Lipinski definition) is 3. The summed E-state index contributed by atoms with van der Waals surface area (Å²) >= 11 is 1.45. The Balaban J connectivity index is 1.95. The molecule has 0 aliphatic carbocycles. The Morgan fingerprint density at radius 1 is 1.00 bits per heavy atom. The summed E-state index contributed by atoms with van der Waals surface area (Å²) in [6.07, 6.45) is 0.0152. The van der Waals surface area contributed by atoms with Crippen molar-refractivity contribution >= 4 is 17.3 Å². The second-order valence-corrected chi connectivity index (χ2v) is 6.31. The molecule has 1 aromatic heterocycles. The van der Waals surface area contributed by atoms with Gasteiger partial charge in [0.25, 0.3) is 0 Å². The smallest absolute Gasteiger partial charge is 0.308 e. The Morgan fingerprint density at radius 3 is 2.23 bits per heavy atom. The Labute approximate surface area is 132 Å². The van der Waals surface area contributed by atoms with E-state index >= 15 is 0 Å². The van der Waals surface area contributed by atoms with Crippen molar-refractivity contribution in [2.45, 2.75) is 13.3 Å². The quantitative estimate of drug-likeness (QED) is 0.776. The van der Waals surface area contributed by atoms with Crippen LogP contribution in [0.1, 0.15) is 9.88 Å². The van der Waals surface area contributed by atoms with E-state index in [9.17, 15) is 4.79 Å². The molecule has 0 unspecified atom stereocenters. The zero-order valence-corrected chi connectivity index (χ0v) is 12.9. The molecule has 0 bridgehead atoms. The first kappa shape index (κ1) is 14.5. The lowest BCUT2D eigenvalue weighted by atomic mass is 10.0. The largest absolute Gasteiger partial charge is 0.481 e. The lowest BCUT2D eigenvalue weighted by molar-refractivity contribution is -0.136. The highest BCUT2D eigenvalue weighted by molar-refractivity contribution is 7.12. The second-order valence-electron chi connectivity index (χ2n) is 5.02. The molecule has 4 heteroatoms. The fraction of sp³-hybridized carbons (Fsp3) is 0.111. The molecule has 0 saturated carbocycles. The molecule has 0 aliphatic heterocycles. The Hall–Kier alpha value is -2.46. The van der Waals surface area contributed by atoms with Gasteiger partial charge in [-0.1, -0.05) is 54.6 Å². The van der Waals surface area contributed by atoms with Gasteiger partial charge in [0, 0.05) is 10.4 Å². The number of nitrogens with zero attached hydrogens (tertiary/aromatic N) is 1. The van der Waals surface area contributed by atoms with Crippen LogP contribution in [-0.4, -0.2) is 16.1 Å². The van der Waals surface area contributed by atoms with Crippen LogP contribution >= 0.6 is 11.3 Å². The summed E-state index contributed by atoms with van der Waals surface area (Å²) in [7, 11) is 0. The molecular formula is C18H15NO2S. The molecule has 110 valence electrons. The first-order valence-electron chi connectivity index (χ1n) is 6.97. The average molecular weight is 309 g/mol. The fourth-order valence-corrected chi connectivity index (χ4v) is 3.35. The van der Waals surface area contributed by atoms with Crippen LogP contribution in [0, 0.1) is 6.92 Å². The third-order valence-corrected chi connectivity index (χ3v) is 4.35. The van der Waals surface area contributed by atoms with Crippen LogP contribution < -0.4 is 0 Å². The predicted octanol–water partition coefficient (Wildman–Crippen LogP) is 4.41. The van der Waals surface area contributed by atoms with Crippen molar-refractivity contribution < 1.29 is 9.90 Å². The third kappa shape index (κ3) is 3.07. The minimum Gasteiger partial charge on any atom is -0.481 e. The van der Waals surface area contributed by atoms with Crippen molar-refractivity contribution in [1.29, 1.82) is 0 Å². The monoisotopic (exact) mass is 309 g/mol. The van der Waals surface area contributed by atoms with E-state index in [0.29, 0.717) is 0 Å². The molecule has 1 N–H and O–H groups in total. The first-order chi connectivity index (χ1) is 10.6. The van der Waals surface area contributed by atoms with Crippen LogP contribution in [0.2, 0.25) is 0 Å². The lowest BCUT2D eigenvalue weighted by Gasteiger charge is -2.04. The zero-order chi connectivity index (χ0) is 15.5. The van der Waals surface area contributed by atoms with E-state index in [-0.39, 0.29) is 6.42 Å². The normalized spacial score (nSPS) is 10.6. The van der Waals surface area contributed by atoms with E-state index in [1.807, 2.05) is 49.4 Å². The summed E-state index contributed by atoms with van der Waals surface area (Å²) in [5.41, 5.74) is 4.04. The van der Waals surface area contributed by atoms with Crippen LogP contribution in [0.25, 0.3) is 22.4 Å². The maximum absolute atomic E-state index is 11.0. The molecule has 0 saturated heterocycles. The molecule has 0 amide bonds. The van der Waals surface area contributed by atoms with Crippen LogP contribution in [0.3, 0.4) is 0 Å². The van der Waals surface area contributed by atoms with Crippen molar-refractivity contribution in [1.82, 2.24) is 4.98 Å². The number of aryl methyl sites for hydroxylation is 1. The van der Waals surface area contributed by atoms with Crippen molar-refractivity contribution in [3.63, 3.8) is 0 Å². The van der Waals surface area contributed by atoms with Gasteiger partial charge in [0.2, 0.25) is 0 Å². The molecule has 0 atom stereocenters. The first-order valence-corrected chi connectivity index (χ1v) is 7.79. The lowest BCUT2D eigenvalue weighted by Crippen LogP contribution is -1.99. The summed E-state index contributed by atoms with van der Waals surface area (Å²) in [6.45, 7) is 1.90. The highest BCUT2D eigenvalue weighted by Crippen LogP contribution is 2.30. The van der Waals surface area contributed by atoms with Gasteiger partial charge < -0.3 is 5.11 Å². The van der Waals surface area contributed by atoms with Gasteiger partial charge in [0.05, 0.1) is 17.1 Å². The summed E-state index contributed by atoms with van der Waals surface area (Å²) in [4.78, 5) is 16.3. The maximum atomic E-state index is 11.0. The molecule has 3 aromatic rings. The van der Waals surface area contributed by atoms with Gasteiger partial charge in [-0.15, -0.1) is 11.3 Å². The second kappa shape index (κ2) is 6.12. The van der Waals surface area contributed by atoms with Gasteiger partial charge in [0.15, 0.2) is 0 Å². The van der Waals surface area contributed by atoms with Crippen LogP contribution in [0.15, 0.2) is 54.6 Å². The topological polar surface area (TPSA) is 50.2 Å². The molecule has 0 fully saturated rings. The van der Waals surface area contributed by atoms with E-state index in [1.165, 1.54) is 11.3 Å². The molecule has 22 heavy (non-hydrogen) atoms. The van der Waals surface area contributed by atoms with Crippen molar-refractivity contribution in [2.24, 2.45) is 0 Å². The van der Waals surface area contributed by atoms with E-state index in [4.69, 9.17) is 5.11 Å². The summed E-state index contributed by atoms with van der Waals surface area (Å²) in [6, 6.07) is 18.2. The zero-order valence-electron chi connectivity index (χ0n) is 12.1. The number of aliphatic carboxylic acids is 1. The molecule has 0 spiro atoms. The molecule has 1 heterocycles. The van der Waals surface area contributed by atoms with E-state index in [2.05, 4.69) is 17.1 Å². The Bertz CT molecular complexity index is 792. The number of carboxylic acid groups (broad SMARTS) is 1. The minimum absolute atomic E-state index is 0.0152. The van der Waals surface area contributed by atoms with Crippen molar-refractivity contribution in [2.75, 3.05) is 0 Å². The maximum Gasteiger partial charge on any atom is 0.308 e. The number of benzene rings is 2. The Morgan fingerprint density at radius 2 is 1.59 bits per heavy atom. The highest BCUT2D eigenvalue weighted by Gasteiger charge is 2.14. The molecule has 0 aliphatic rings. The number of hydrogen-bond donors (Lipinski definition) is 1. The highest BCUT2D eigenvalue weighted by atomic mass is 32.1. The summed E-state index contributed by atoms with van der Waals surface area (Å²) < 4.78 is 0. The van der Waals surface area contributed by atoms with Crippen LogP contribution in [-0.2, 0) is 11.2 Å². The number of aromatic nitrogens is 1. The number of carboxylic acids is 1. The van der Waals surface area contributed by atoms with Gasteiger partial charge in [0.1, 0.15) is 0 Å². The molecule has 3 rings (SSSR count). The van der Waals surface area contributed by atoms with Crippen LogP contribution in [0.5, 0.6) is 0 Å². The standard InChI is InChI=1S/C18H15NO2S/c1-12-19-18(16(22-12)11-17(20)21)15-9-7-14(8-10-15)13-5-3-2-4-6-13/h2-10H,11H2,1H3,(H,20,21). The number of carbonyl (C=O) groups is 1.